The predicted molar refractivity (Wildman–Crippen MR) is 56.1 cm³/mol. The monoisotopic (exact) mass is 199 g/mol. The molecule has 0 saturated heterocycles. The van der Waals surface area contributed by atoms with Gasteiger partial charge in [0.2, 0.25) is 5.91 Å². The van der Waals surface area contributed by atoms with Crippen LogP contribution in [0.4, 0.5) is 0 Å². The van der Waals surface area contributed by atoms with Crippen LogP contribution in [0, 0.1) is 5.92 Å². The van der Waals surface area contributed by atoms with Crippen molar-refractivity contribution in [2.75, 3.05) is 19.8 Å². The molecule has 0 bridgehead atoms. The van der Waals surface area contributed by atoms with E-state index in [-0.39, 0.29) is 12.5 Å². The minimum absolute atomic E-state index is 0.0254. The minimum atomic E-state index is 0.0254. The maximum atomic E-state index is 11.2. The highest BCUT2D eigenvalue weighted by Gasteiger charge is 2.13. The molecule has 0 aromatic rings. The fourth-order valence-corrected chi connectivity index (χ4v) is 1.90. The van der Waals surface area contributed by atoms with Gasteiger partial charge >= 0.3 is 0 Å². The first kappa shape index (κ1) is 11.5. The first-order valence-corrected chi connectivity index (χ1v) is 5.67. The fraction of sp³-hybridized carbons (Fsp3) is 0.909. The second-order valence-electron chi connectivity index (χ2n) is 3.95. The summed E-state index contributed by atoms with van der Waals surface area (Å²) in [7, 11) is 0. The fourth-order valence-electron chi connectivity index (χ4n) is 1.90. The van der Waals surface area contributed by atoms with Crippen LogP contribution in [0.25, 0.3) is 0 Å². The summed E-state index contributed by atoms with van der Waals surface area (Å²) in [5.74, 6) is 0.728. The van der Waals surface area contributed by atoms with Gasteiger partial charge in [0, 0.05) is 13.2 Å². The lowest BCUT2D eigenvalue weighted by Gasteiger charge is -2.21. The van der Waals surface area contributed by atoms with Gasteiger partial charge in [-0.15, -0.1) is 0 Å². The zero-order valence-corrected chi connectivity index (χ0v) is 9.05. The maximum Gasteiger partial charge on any atom is 0.246 e. The third kappa shape index (κ3) is 4.61. The molecule has 14 heavy (non-hydrogen) atoms. The third-order valence-electron chi connectivity index (χ3n) is 2.75. The quantitative estimate of drug-likeness (QED) is 0.732. The van der Waals surface area contributed by atoms with Crippen LogP contribution >= 0.6 is 0 Å². The van der Waals surface area contributed by atoms with Gasteiger partial charge in [-0.1, -0.05) is 19.3 Å². The Labute approximate surface area is 86.2 Å². The van der Waals surface area contributed by atoms with Crippen LogP contribution in [0.5, 0.6) is 0 Å². The van der Waals surface area contributed by atoms with Gasteiger partial charge in [0.1, 0.15) is 6.61 Å². The van der Waals surface area contributed by atoms with Crippen molar-refractivity contribution in [1.29, 1.82) is 0 Å². The molecule has 1 fully saturated rings. The molecule has 1 aliphatic carbocycles. The van der Waals surface area contributed by atoms with E-state index in [1.165, 1.54) is 32.1 Å². The summed E-state index contributed by atoms with van der Waals surface area (Å²) in [4.78, 5) is 11.2. The Morgan fingerprint density at radius 1 is 1.36 bits per heavy atom. The van der Waals surface area contributed by atoms with Crippen LogP contribution in [0.1, 0.15) is 39.0 Å². The van der Waals surface area contributed by atoms with E-state index in [2.05, 4.69) is 5.32 Å². The molecule has 0 atom stereocenters. The van der Waals surface area contributed by atoms with Crippen molar-refractivity contribution in [2.45, 2.75) is 39.0 Å². The smallest absolute Gasteiger partial charge is 0.246 e. The maximum absolute atomic E-state index is 11.2. The van der Waals surface area contributed by atoms with E-state index >= 15 is 0 Å². The summed E-state index contributed by atoms with van der Waals surface area (Å²) in [5, 5.41) is 2.92. The number of ether oxygens (including phenoxy) is 1. The Hall–Kier alpha value is -0.570. The Balaban J connectivity index is 2.03. The number of carbonyl (C=O) groups is 1. The van der Waals surface area contributed by atoms with Crippen molar-refractivity contribution in [2.24, 2.45) is 5.92 Å². The molecule has 0 aromatic heterocycles. The summed E-state index contributed by atoms with van der Waals surface area (Å²) >= 11 is 0. The summed E-state index contributed by atoms with van der Waals surface area (Å²) < 4.78 is 5.02. The van der Waals surface area contributed by atoms with Gasteiger partial charge in [-0.3, -0.25) is 4.79 Å². The molecule has 3 nitrogen and oxygen atoms in total. The molecular weight excluding hydrogens is 178 g/mol. The minimum Gasteiger partial charge on any atom is -0.372 e. The van der Waals surface area contributed by atoms with Gasteiger partial charge in [-0.25, -0.2) is 0 Å². The van der Waals surface area contributed by atoms with Gasteiger partial charge in [0.05, 0.1) is 0 Å². The molecule has 0 radical (unpaired) electrons. The standard InChI is InChI=1S/C11H21NO2/c1-2-14-9-11(13)12-8-10-6-4-3-5-7-10/h10H,2-9H2,1H3,(H,12,13). The number of hydrogen-bond acceptors (Lipinski definition) is 2. The molecule has 0 aliphatic heterocycles. The summed E-state index contributed by atoms with van der Waals surface area (Å²) in [6, 6.07) is 0. The van der Waals surface area contributed by atoms with Gasteiger partial charge in [0.15, 0.2) is 0 Å². The molecule has 0 aromatic carbocycles. The number of hydrogen-bond donors (Lipinski definition) is 1. The average Bonchev–Trinajstić information content (AvgIpc) is 2.25. The highest BCUT2D eigenvalue weighted by atomic mass is 16.5. The van der Waals surface area contributed by atoms with Gasteiger partial charge < -0.3 is 10.1 Å². The lowest BCUT2D eigenvalue weighted by atomic mass is 9.89. The molecule has 1 rings (SSSR count). The first-order valence-electron chi connectivity index (χ1n) is 5.67. The van der Waals surface area contributed by atoms with E-state index in [9.17, 15) is 4.79 Å². The topological polar surface area (TPSA) is 38.3 Å². The molecule has 1 aliphatic rings. The zero-order chi connectivity index (χ0) is 10.2. The van der Waals surface area contributed by atoms with Gasteiger partial charge in [-0.05, 0) is 25.7 Å². The molecule has 3 heteroatoms. The normalized spacial score (nSPS) is 18.1. The molecule has 0 heterocycles. The summed E-state index contributed by atoms with van der Waals surface area (Å²) in [6.45, 7) is 3.56. The Kier molecular flexibility index (Phi) is 5.60. The lowest BCUT2D eigenvalue weighted by molar-refractivity contribution is -0.125. The van der Waals surface area contributed by atoms with Gasteiger partial charge in [0.25, 0.3) is 0 Å². The van der Waals surface area contributed by atoms with E-state index in [4.69, 9.17) is 4.74 Å². The van der Waals surface area contributed by atoms with Crippen LogP contribution in [0.15, 0.2) is 0 Å². The van der Waals surface area contributed by atoms with Crippen LogP contribution in [-0.2, 0) is 9.53 Å². The van der Waals surface area contributed by atoms with E-state index in [1.807, 2.05) is 6.92 Å². The molecule has 0 spiro atoms. The number of carbonyl (C=O) groups excluding carboxylic acids is 1. The highest BCUT2D eigenvalue weighted by molar-refractivity contribution is 5.77. The van der Waals surface area contributed by atoms with Crippen LogP contribution < -0.4 is 5.32 Å². The van der Waals surface area contributed by atoms with E-state index in [1.54, 1.807) is 0 Å². The predicted octanol–water partition coefficient (Wildman–Crippen LogP) is 1.72. The third-order valence-corrected chi connectivity index (χ3v) is 2.75. The Morgan fingerprint density at radius 3 is 2.71 bits per heavy atom. The molecule has 0 unspecified atom stereocenters. The largest absolute Gasteiger partial charge is 0.372 e. The van der Waals surface area contributed by atoms with E-state index in [0.717, 1.165) is 6.54 Å². The van der Waals surface area contributed by atoms with Crippen LogP contribution in [-0.4, -0.2) is 25.7 Å². The molecule has 82 valence electrons. The van der Waals surface area contributed by atoms with Gasteiger partial charge in [-0.2, -0.15) is 0 Å². The molecular formula is C11H21NO2. The average molecular weight is 199 g/mol. The SMILES string of the molecule is CCOCC(=O)NCC1CCCCC1. The highest BCUT2D eigenvalue weighted by Crippen LogP contribution is 2.22. The van der Waals surface area contributed by atoms with E-state index in [0.29, 0.717) is 12.5 Å². The molecule has 1 saturated carbocycles. The van der Waals surface area contributed by atoms with Crippen molar-refractivity contribution >= 4 is 5.91 Å². The second kappa shape index (κ2) is 6.82. The number of amides is 1. The number of rotatable bonds is 5. The van der Waals surface area contributed by atoms with Crippen molar-refractivity contribution in [1.82, 2.24) is 5.32 Å². The lowest BCUT2D eigenvalue weighted by Crippen LogP contribution is -2.32. The van der Waals surface area contributed by atoms with E-state index < -0.39 is 0 Å². The van der Waals surface area contributed by atoms with Crippen molar-refractivity contribution in [3.63, 3.8) is 0 Å². The second-order valence-corrected chi connectivity index (χ2v) is 3.95. The van der Waals surface area contributed by atoms with Crippen LogP contribution in [0.3, 0.4) is 0 Å². The summed E-state index contributed by atoms with van der Waals surface area (Å²) in [5.41, 5.74) is 0. The van der Waals surface area contributed by atoms with Crippen LogP contribution in [0.2, 0.25) is 0 Å². The van der Waals surface area contributed by atoms with Crippen molar-refractivity contribution in [3.8, 4) is 0 Å². The Bertz CT molecular complexity index is 165. The Morgan fingerprint density at radius 2 is 2.07 bits per heavy atom. The molecule has 1 amide bonds. The van der Waals surface area contributed by atoms with Crippen molar-refractivity contribution in [3.05, 3.63) is 0 Å². The van der Waals surface area contributed by atoms with Crippen molar-refractivity contribution < 1.29 is 9.53 Å². The number of nitrogens with one attached hydrogen (secondary N) is 1. The summed E-state index contributed by atoms with van der Waals surface area (Å²) in [6.07, 6.45) is 6.56. The molecule has 1 N–H and O–H groups in total. The zero-order valence-electron chi connectivity index (χ0n) is 9.05. The first-order chi connectivity index (χ1) is 6.83.